The fourth-order valence-corrected chi connectivity index (χ4v) is 0.235. The van der Waals surface area contributed by atoms with Crippen LogP contribution >= 0.6 is 0 Å². The van der Waals surface area contributed by atoms with Gasteiger partial charge in [0, 0.05) is 6.04 Å². The Hall–Kier alpha value is -0.300. The Kier molecular flexibility index (Phi) is 0.350. The van der Waals surface area contributed by atoms with Gasteiger partial charge in [-0.15, -0.1) is 0 Å². The highest BCUT2D eigenvalue weighted by Gasteiger charge is 2.11. The maximum absolute atomic E-state index is 5.27. The molecule has 1 atom stereocenters. The highest BCUT2D eigenvalue weighted by atomic mass is 14.7. The van der Waals surface area contributed by atoms with Crippen molar-refractivity contribution in [1.29, 1.82) is 0 Å². The van der Waals surface area contributed by atoms with E-state index in [1.54, 1.807) is 0 Å². The smallest absolute Gasteiger partial charge is 0.0441 e. The van der Waals surface area contributed by atoms with E-state index in [4.69, 9.17) is 5.73 Å². The second-order valence-corrected chi connectivity index (χ2v) is 1.44. The molecule has 0 saturated carbocycles. The second kappa shape index (κ2) is 0.601. The molecular weight excluding hydrogens is 62.1 g/mol. The van der Waals surface area contributed by atoms with Crippen molar-refractivity contribution < 1.29 is 0 Å². The summed E-state index contributed by atoms with van der Waals surface area (Å²) in [5.74, 6) is 0. The molecule has 0 aromatic heterocycles. The Balaban J connectivity index is 2.38. The zero-order valence-corrected chi connectivity index (χ0v) is 3.23. The first-order valence-corrected chi connectivity index (χ1v) is 1.74. The molecule has 0 amide bonds. The van der Waals surface area contributed by atoms with Crippen LogP contribution in [0, 0.1) is 0 Å². The second-order valence-electron chi connectivity index (χ2n) is 1.44. The Bertz CT molecular complexity index is 73.7. The molecule has 0 heterocycles. The minimum Gasteiger partial charge on any atom is -0.321 e. The lowest BCUT2D eigenvalue weighted by Crippen LogP contribution is -2.00. The van der Waals surface area contributed by atoms with E-state index in [1.165, 1.54) is 5.57 Å². The lowest BCUT2D eigenvalue weighted by molar-refractivity contribution is 1.11. The molecule has 0 radical (unpaired) electrons. The maximum Gasteiger partial charge on any atom is 0.0441 e. The van der Waals surface area contributed by atoms with Crippen molar-refractivity contribution in [2.45, 2.75) is 13.0 Å². The highest BCUT2D eigenvalue weighted by Crippen LogP contribution is 2.13. The average Bonchev–Trinajstić information content (AvgIpc) is 1.79. The molecule has 1 rings (SSSR count). The summed E-state index contributed by atoms with van der Waals surface area (Å²) in [5.41, 5.74) is 6.60. The van der Waals surface area contributed by atoms with E-state index in [1.807, 2.05) is 13.0 Å². The van der Waals surface area contributed by atoms with Gasteiger partial charge in [-0.3, -0.25) is 0 Å². The van der Waals surface area contributed by atoms with Gasteiger partial charge in [0.15, 0.2) is 0 Å². The van der Waals surface area contributed by atoms with Crippen LogP contribution in [-0.4, -0.2) is 6.04 Å². The first-order valence-electron chi connectivity index (χ1n) is 1.74. The van der Waals surface area contributed by atoms with Crippen LogP contribution in [0.1, 0.15) is 6.92 Å². The molecule has 0 fully saturated rings. The molecule has 0 bridgehead atoms. The maximum atomic E-state index is 5.27. The van der Waals surface area contributed by atoms with E-state index in [2.05, 4.69) is 0 Å². The van der Waals surface area contributed by atoms with Crippen molar-refractivity contribution in [3.63, 3.8) is 0 Å². The summed E-state index contributed by atoms with van der Waals surface area (Å²) in [6.45, 7) is 2.03. The van der Waals surface area contributed by atoms with Crippen molar-refractivity contribution in [3.05, 3.63) is 11.6 Å². The minimum atomic E-state index is 0.343. The summed E-state index contributed by atoms with van der Waals surface area (Å²) < 4.78 is 0. The topological polar surface area (TPSA) is 26.0 Å². The van der Waals surface area contributed by atoms with Crippen LogP contribution < -0.4 is 5.73 Å². The monoisotopic (exact) mass is 69.1 g/mol. The van der Waals surface area contributed by atoms with E-state index in [0.29, 0.717) is 6.04 Å². The van der Waals surface area contributed by atoms with Crippen LogP contribution in [0.3, 0.4) is 0 Å². The first-order chi connectivity index (χ1) is 2.30. The summed E-state index contributed by atoms with van der Waals surface area (Å²) in [5, 5.41) is 0. The number of hydrogen-bond donors (Lipinski definition) is 1. The summed E-state index contributed by atoms with van der Waals surface area (Å²) >= 11 is 0. The molecular formula is C4H7N. The summed E-state index contributed by atoms with van der Waals surface area (Å²) in [6.07, 6.45) is 2.03. The van der Waals surface area contributed by atoms with E-state index < -0.39 is 0 Å². The largest absolute Gasteiger partial charge is 0.321 e. The van der Waals surface area contributed by atoms with Gasteiger partial charge in [0.25, 0.3) is 0 Å². The van der Waals surface area contributed by atoms with Crippen LogP contribution in [0.5, 0.6) is 0 Å². The molecule has 1 unspecified atom stereocenters. The normalized spacial score (nSPS) is 33.2. The predicted octanol–water partition coefficient (Wildman–Crippen LogP) is 0.274. The summed E-state index contributed by atoms with van der Waals surface area (Å²) in [4.78, 5) is 0. The third kappa shape index (κ3) is 0.329. The standard InChI is InChI=1S/C4H7N/c1-3-2-4(3)5/h2,4H,5H2,1H3. The van der Waals surface area contributed by atoms with E-state index in [9.17, 15) is 0 Å². The van der Waals surface area contributed by atoms with Gasteiger partial charge in [-0.25, -0.2) is 0 Å². The fraction of sp³-hybridized carbons (Fsp3) is 0.500. The van der Waals surface area contributed by atoms with E-state index in [0.717, 1.165) is 0 Å². The van der Waals surface area contributed by atoms with Gasteiger partial charge >= 0.3 is 0 Å². The molecule has 0 aromatic carbocycles. The number of nitrogens with two attached hydrogens (primary N) is 1. The molecule has 5 heavy (non-hydrogen) atoms. The molecule has 2 N–H and O–H groups in total. The summed E-state index contributed by atoms with van der Waals surface area (Å²) in [7, 11) is 0. The highest BCUT2D eigenvalue weighted by molar-refractivity contribution is 5.30. The molecule has 1 aliphatic rings. The summed E-state index contributed by atoms with van der Waals surface area (Å²) in [6, 6.07) is 0.343. The number of hydrogen-bond acceptors (Lipinski definition) is 1. The van der Waals surface area contributed by atoms with E-state index >= 15 is 0 Å². The van der Waals surface area contributed by atoms with Crippen LogP contribution in [0.25, 0.3) is 0 Å². The Morgan fingerprint density at radius 1 is 2.00 bits per heavy atom. The molecule has 28 valence electrons. The molecule has 1 nitrogen and oxygen atoms in total. The molecule has 0 aliphatic heterocycles. The van der Waals surface area contributed by atoms with E-state index in [-0.39, 0.29) is 0 Å². The average molecular weight is 69.1 g/mol. The zero-order chi connectivity index (χ0) is 3.86. The zero-order valence-electron chi connectivity index (χ0n) is 3.23. The van der Waals surface area contributed by atoms with Crippen molar-refractivity contribution in [2.24, 2.45) is 5.73 Å². The van der Waals surface area contributed by atoms with Crippen molar-refractivity contribution >= 4 is 0 Å². The SMILES string of the molecule is CC1=CC1N. The molecule has 0 saturated heterocycles. The van der Waals surface area contributed by atoms with Gasteiger partial charge < -0.3 is 5.73 Å². The lowest BCUT2D eigenvalue weighted by Gasteiger charge is -1.71. The van der Waals surface area contributed by atoms with Gasteiger partial charge in [-0.2, -0.15) is 0 Å². The van der Waals surface area contributed by atoms with Gasteiger partial charge in [0.1, 0.15) is 0 Å². The Labute approximate surface area is 31.5 Å². The lowest BCUT2D eigenvalue weighted by atomic mass is 10.5. The minimum absolute atomic E-state index is 0.343. The van der Waals surface area contributed by atoms with Crippen LogP contribution in [0.4, 0.5) is 0 Å². The quantitative estimate of drug-likeness (QED) is 0.406. The third-order valence-corrected chi connectivity index (χ3v) is 0.859. The molecule has 1 aliphatic carbocycles. The van der Waals surface area contributed by atoms with Crippen LogP contribution in [-0.2, 0) is 0 Å². The van der Waals surface area contributed by atoms with Crippen molar-refractivity contribution in [2.75, 3.05) is 0 Å². The molecule has 1 heteroatoms. The predicted molar refractivity (Wildman–Crippen MR) is 21.7 cm³/mol. The van der Waals surface area contributed by atoms with Gasteiger partial charge in [0.05, 0.1) is 0 Å². The van der Waals surface area contributed by atoms with Crippen molar-refractivity contribution in [3.8, 4) is 0 Å². The number of rotatable bonds is 0. The van der Waals surface area contributed by atoms with Gasteiger partial charge in [0.2, 0.25) is 0 Å². The molecule has 0 spiro atoms. The van der Waals surface area contributed by atoms with Gasteiger partial charge in [-0.1, -0.05) is 11.6 Å². The third-order valence-electron chi connectivity index (χ3n) is 0.859. The molecule has 0 aromatic rings. The van der Waals surface area contributed by atoms with Crippen molar-refractivity contribution in [1.82, 2.24) is 0 Å². The van der Waals surface area contributed by atoms with Gasteiger partial charge in [-0.05, 0) is 6.92 Å². The Morgan fingerprint density at radius 3 is 2.20 bits per heavy atom. The first kappa shape index (κ1) is 2.91. The Morgan fingerprint density at radius 2 is 2.20 bits per heavy atom. The van der Waals surface area contributed by atoms with Crippen LogP contribution in [0.15, 0.2) is 11.6 Å². The van der Waals surface area contributed by atoms with Crippen LogP contribution in [0.2, 0.25) is 0 Å². The fourth-order valence-electron chi connectivity index (χ4n) is 0.235.